The molecule has 0 aliphatic carbocycles. The summed E-state index contributed by atoms with van der Waals surface area (Å²) in [4.78, 5) is 0. The lowest BCUT2D eigenvalue weighted by Gasteiger charge is -2.30. The standard InChI is InChI=1S/C11H16BrNO2/c1-3-15-10(14)11(2,13)8-4-6-9(12)7-5-8/h4-7,10,14H,3,13H2,1-2H3. The fraction of sp³-hybridized carbons (Fsp3) is 0.455. The zero-order chi connectivity index (χ0) is 11.5. The van der Waals surface area contributed by atoms with Crippen LogP contribution in [0.3, 0.4) is 0 Å². The van der Waals surface area contributed by atoms with Gasteiger partial charge in [-0.2, -0.15) is 0 Å². The molecule has 0 spiro atoms. The van der Waals surface area contributed by atoms with Gasteiger partial charge in [-0.15, -0.1) is 0 Å². The van der Waals surface area contributed by atoms with E-state index in [9.17, 15) is 5.11 Å². The first-order valence-electron chi connectivity index (χ1n) is 4.83. The second kappa shape index (κ2) is 5.07. The predicted molar refractivity (Wildman–Crippen MR) is 63.3 cm³/mol. The van der Waals surface area contributed by atoms with Crippen LogP contribution in [-0.4, -0.2) is 18.0 Å². The highest BCUT2D eigenvalue weighted by atomic mass is 79.9. The third kappa shape index (κ3) is 3.01. The van der Waals surface area contributed by atoms with Gasteiger partial charge in [0.1, 0.15) is 0 Å². The number of ether oxygens (including phenoxy) is 1. The van der Waals surface area contributed by atoms with Crippen LogP contribution in [0.25, 0.3) is 0 Å². The lowest BCUT2D eigenvalue weighted by Crippen LogP contribution is -2.46. The molecule has 15 heavy (non-hydrogen) atoms. The van der Waals surface area contributed by atoms with Crippen LogP contribution in [0.1, 0.15) is 19.4 Å². The van der Waals surface area contributed by atoms with Crippen molar-refractivity contribution < 1.29 is 9.84 Å². The second-order valence-corrected chi connectivity index (χ2v) is 4.51. The van der Waals surface area contributed by atoms with Crippen LogP contribution < -0.4 is 5.73 Å². The summed E-state index contributed by atoms with van der Waals surface area (Å²) in [5.74, 6) is 0. The van der Waals surface area contributed by atoms with Crippen LogP contribution in [0.2, 0.25) is 0 Å². The Bertz CT molecular complexity index is 311. The van der Waals surface area contributed by atoms with Crippen LogP contribution in [0.15, 0.2) is 28.7 Å². The first-order valence-corrected chi connectivity index (χ1v) is 5.62. The Morgan fingerprint density at radius 2 is 2.00 bits per heavy atom. The number of aliphatic hydroxyl groups is 1. The zero-order valence-electron chi connectivity index (χ0n) is 8.90. The molecule has 3 N–H and O–H groups in total. The lowest BCUT2D eigenvalue weighted by atomic mass is 9.92. The number of hydrogen-bond acceptors (Lipinski definition) is 3. The third-order valence-electron chi connectivity index (χ3n) is 2.30. The van der Waals surface area contributed by atoms with E-state index in [1.165, 1.54) is 0 Å². The maximum Gasteiger partial charge on any atom is 0.176 e. The van der Waals surface area contributed by atoms with Crippen LogP contribution in [-0.2, 0) is 10.3 Å². The van der Waals surface area contributed by atoms with Gasteiger partial charge in [0, 0.05) is 11.1 Å². The van der Waals surface area contributed by atoms with Gasteiger partial charge >= 0.3 is 0 Å². The van der Waals surface area contributed by atoms with Crippen LogP contribution in [0, 0.1) is 0 Å². The van der Waals surface area contributed by atoms with Crippen molar-refractivity contribution in [3.63, 3.8) is 0 Å². The van der Waals surface area contributed by atoms with Gasteiger partial charge in [-0.3, -0.25) is 0 Å². The van der Waals surface area contributed by atoms with Crippen molar-refractivity contribution >= 4 is 15.9 Å². The van der Waals surface area contributed by atoms with Crippen LogP contribution in [0.4, 0.5) is 0 Å². The fourth-order valence-electron chi connectivity index (χ4n) is 1.28. The first kappa shape index (κ1) is 12.6. The summed E-state index contributed by atoms with van der Waals surface area (Å²) in [7, 11) is 0. The molecule has 0 fully saturated rings. The molecule has 0 saturated carbocycles. The maximum absolute atomic E-state index is 9.74. The molecule has 0 aliphatic rings. The van der Waals surface area contributed by atoms with E-state index >= 15 is 0 Å². The predicted octanol–water partition coefficient (Wildman–Crippen LogP) is 1.98. The van der Waals surface area contributed by atoms with Crippen molar-refractivity contribution in [3.8, 4) is 0 Å². The van der Waals surface area contributed by atoms with E-state index in [1.807, 2.05) is 31.2 Å². The van der Waals surface area contributed by atoms with Gasteiger partial charge in [0.25, 0.3) is 0 Å². The van der Waals surface area contributed by atoms with E-state index in [4.69, 9.17) is 10.5 Å². The highest BCUT2D eigenvalue weighted by molar-refractivity contribution is 9.10. The van der Waals surface area contributed by atoms with Gasteiger partial charge in [0.15, 0.2) is 6.29 Å². The molecular weight excluding hydrogens is 258 g/mol. The molecule has 0 heterocycles. The topological polar surface area (TPSA) is 55.5 Å². The molecule has 0 saturated heterocycles. The Hall–Kier alpha value is -0.420. The number of halogens is 1. The van der Waals surface area contributed by atoms with Crippen molar-refractivity contribution in [2.75, 3.05) is 6.61 Å². The average molecular weight is 274 g/mol. The van der Waals surface area contributed by atoms with Crippen molar-refractivity contribution in [3.05, 3.63) is 34.3 Å². The summed E-state index contributed by atoms with van der Waals surface area (Å²) in [6.45, 7) is 4.00. The van der Waals surface area contributed by atoms with Crippen molar-refractivity contribution in [2.45, 2.75) is 25.7 Å². The Kier molecular flexibility index (Phi) is 4.28. The van der Waals surface area contributed by atoms with Gasteiger partial charge < -0.3 is 15.6 Å². The number of rotatable bonds is 4. The Morgan fingerprint density at radius 1 is 1.47 bits per heavy atom. The summed E-state index contributed by atoms with van der Waals surface area (Å²) in [5.41, 5.74) is 5.97. The highest BCUT2D eigenvalue weighted by Gasteiger charge is 2.30. The first-order chi connectivity index (χ1) is 6.98. The molecule has 1 aromatic carbocycles. The maximum atomic E-state index is 9.74. The number of nitrogens with two attached hydrogens (primary N) is 1. The van der Waals surface area contributed by atoms with Crippen LogP contribution >= 0.6 is 15.9 Å². The quantitative estimate of drug-likeness (QED) is 0.825. The van der Waals surface area contributed by atoms with E-state index in [1.54, 1.807) is 6.92 Å². The van der Waals surface area contributed by atoms with E-state index in [0.29, 0.717) is 6.61 Å². The number of aliphatic hydroxyl groups excluding tert-OH is 1. The molecule has 4 heteroatoms. The van der Waals surface area contributed by atoms with Crippen LogP contribution in [0.5, 0.6) is 0 Å². The monoisotopic (exact) mass is 273 g/mol. The summed E-state index contributed by atoms with van der Waals surface area (Å²) in [5, 5.41) is 9.74. The summed E-state index contributed by atoms with van der Waals surface area (Å²) in [6.07, 6.45) is -0.997. The van der Waals surface area contributed by atoms with E-state index < -0.39 is 11.8 Å². The van der Waals surface area contributed by atoms with Gasteiger partial charge in [0.05, 0.1) is 5.54 Å². The lowest BCUT2D eigenvalue weighted by molar-refractivity contribution is -0.138. The van der Waals surface area contributed by atoms with E-state index in [2.05, 4.69) is 15.9 Å². The van der Waals surface area contributed by atoms with Gasteiger partial charge in [-0.05, 0) is 31.5 Å². The second-order valence-electron chi connectivity index (χ2n) is 3.60. The molecule has 0 radical (unpaired) electrons. The third-order valence-corrected chi connectivity index (χ3v) is 2.83. The van der Waals surface area contributed by atoms with Gasteiger partial charge in [-0.1, -0.05) is 28.1 Å². The van der Waals surface area contributed by atoms with Crippen molar-refractivity contribution in [2.24, 2.45) is 5.73 Å². The minimum atomic E-state index is -0.997. The molecule has 84 valence electrons. The smallest absolute Gasteiger partial charge is 0.176 e. The van der Waals surface area contributed by atoms with E-state index in [-0.39, 0.29) is 0 Å². The number of benzene rings is 1. The Morgan fingerprint density at radius 3 is 2.47 bits per heavy atom. The van der Waals surface area contributed by atoms with Gasteiger partial charge in [-0.25, -0.2) is 0 Å². The normalized spacial score (nSPS) is 17.1. The van der Waals surface area contributed by atoms with Crippen molar-refractivity contribution in [1.29, 1.82) is 0 Å². The average Bonchev–Trinajstić information content (AvgIpc) is 2.18. The molecule has 2 atom stereocenters. The molecule has 0 amide bonds. The Balaban J connectivity index is 2.89. The summed E-state index contributed by atoms with van der Waals surface area (Å²) < 4.78 is 6.09. The molecule has 1 aromatic rings. The largest absolute Gasteiger partial charge is 0.366 e. The minimum Gasteiger partial charge on any atom is -0.366 e. The highest BCUT2D eigenvalue weighted by Crippen LogP contribution is 2.24. The Labute approximate surface area is 98.4 Å². The SMILES string of the molecule is CCOC(O)C(C)(N)c1ccc(Br)cc1. The molecule has 1 rings (SSSR count). The molecule has 2 unspecified atom stereocenters. The van der Waals surface area contributed by atoms with E-state index in [0.717, 1.165) is 10.0 Å². The summed E-state index contributed by atoms with van der Waals surface area (Å²) in [6, 6.07) is 7.51. The molecule has 3 nitrogen and oxygen atoms in total. The minimum absolute atomic E-state index is 0.435. The number of hydrogen-bond donors (Lipinski definition) is 2. The molecule has 0 bridgehead atoms. The zero-order valence-corrected chi connectivity index (χ0v) is 10.5. The molecular formula is C11H16BrNO2. The fourth-order valence-corrected chi connectivity index (χ4v) is 1.55. The van der Waals surface area contributed by atoms with Gasteiger partial charge in [0.2, 0.25) is 0 Å². The van der Waals surface area contributed by atoms with Crippen molar-refractivity contribution in [1.82, 2.24) is 0 Å². The molecule has 0 aliphatic heterocycles. The molecule has 0 aromatic heterocycles. The summed E-state index contributed by atoms with van der Waals surface area (Å²) >= 11 is 3.35.